The Morgan fingerprint density at radius 2 is 2.05 bits per heavy atom. The molecule has 0 N–H and O–H groups in total. The van der Waals surface area contributed by atoms with Gasteiger partial charge in [0.2, 0.25) is 0 Å². The molecular formula is C13H16O6. The van der Waals surface area contributed by atoms with E-state index in [1.807, 2.05) is 0 Å². The van der Waals surface area contributed by atoms with Gasteiger partial charge in [0.25, 0.3) is 0 Å². The van der Waals surface area contributed by atoms with Crippen molar-refractivity contribution < 1.29 is 28.5 Å². The first-order valence-electron chi connectivity index (χ1n) is 5.72. The summed E-state index contributed by atoms with van der Waals surface area (Å²) in [6.07, 6.45) is 6.40. The molecule has 0 saturated carbocycles. The second-order valence-electron chi connectivity index (χ2n) is 3.82. The summed E-state index contributed by atoms with van der Waals surface area (Å²) >= 11 is 0. The molecule has 6 heteroatoms. The molecule has 0 saturated heterocycles. The highest BCUT2D eigenvalue weighted by atomic mass is 16.7. The van der Waals surface area contributed by atoms with Gasteiger partial charge in [-0.3, -0.25) is 9.59 Å². The molecular weight excluding hydrogens is 252 g/mol. The zero-order chi connectivity index (χ0) is 14.3. The highest BCUT2D eigenvalue weighted by Crippen LogP contribution is 2.17. The molecule has 0 aromatic rings. The zero-order valence-electron chi connectivity index (χ0n) is 10.8. The van der Waals surface area contributed by atoms with Gasteiger partial charge in [-0.15, -0.1) is 6.42 Å². The Morgan fingerprint density at radius 3 is 2.63 bits per heavy atom. The highest BCUT2D eigenvalue weighted by molar-refractivity contribution is 5.66. The molecule has 3 atom stereocenters. The standard InChI is InChI=1S/C13H16O6/c1-4-7-16-13-6-5-11(18-10(3)15)12(19-13)8-17-9(2)14/h1,5-6,11-13H,7-8H2,2-3H3. The quantitative estimate of drug-likeness (QED) is 0.408. The summed E-state index contributed by atoms with van der Waals surface area (Å²) in [4.78, 5) is 21.8. The monoisotopic (exact) mass is 268 g/mol. The second-order valence-corrected chi connectivity index (χ2v) is 3.82. The number of carbonyl (C=O) groups excluding carboxylic acids is 2. The molecule has 0 spiro atoms. The van der Waals surface area contributed by atoms with E-state index in [-0.39, 0.29) is 13.2 Å². The Labute approximate surface area is 111 Å². The number of hydrogen-bond acceptors (Lipinski definition) is 6. The maximum Gasteiger partial charge on any atom is 0.303 e. The first-order valence-corrected chi connectivity index (χ1v) is 5.72. The third-order valence-corrected chi connectivity index (χ3v) is 2.22. The molecule has 0 fully saturated rings. The van der Waals surface area contributed by atoms with Crippen molar-refractivity contribution in [3.63, 3.8) is 0 Å². The zero-order valence-corrected chi connectivity index (χ0v) is 10.8. The van der Waals surface area contributed by atoms with Gasteiger partial charge in [-0.05, 0) is 12.2 Å². The third kappa shape index (κ3) is 5.55. The number of ether oxygens (including phenoxy) is 4. The molecule has 1 heterocycles. The van der Waals surface area contributed by atoms with Crippen molar-refractivity contribution in [2.75, 3.05) is 13.2 Å². The Hall–Kier alpha value is -1.84. The molecule has 0 radical (unpaired) electrons. The van der Waals surface area contributed by atoms with Gasteiger partial charge in [-0.2, -0.15) is 0 Å². The number of carbonyl (C=O) groups is 2. The van der Waals surface area contributed by atoms with E-state index in [1.165, 1.54) is 13.8 Å². The summed E-state index contributed by atoms with van der Waals surface area (Å²) in [5, 5.41) is 0. The molecule has 1 rings (SSSR count). The average Bonchev–Trinajstić information content (AvgIpc) is 2.35. The van der Waals surface area contributed by atoms with E-state index in [0.29, 0.717) is 0 Å². The van der Waals surface area contributed by atoms with Crippen LogP contribution in [0.3, 0.4) is 0 Å². The number of terminal acetylenes is 1. The first kappa shape index (κ1) is 15.2. The Morgan fingerprint density at radius 1 is 1.32 bits per heavy atom. The van der Waals surface area contributed by atoms with Crippen molar-refractivity contribution in [3.05, 3.63) is 12.2 Å². The molecule has 0 bridgehead atoms. The van der Waals surface area contributed by atoms with Crippen molar-refractivity contribution in [2.24, 2.45) is 0 Å². The van der Waals surface area contributed by atoms with Crippen molar-refractivity contribution in [3.8, 4) is 12.3 Å². The first-order chi connectivity index (χ1) is 9.02. The molecule has 19 heavy (non-hydrogen) atoms. The van der Waals surface area contributed by atoms with Crippen LogP contribution in [0.25, 0.3) is 0 Å². The summed E-state index contributed by atoms with van der Waals surface area (Å²) in [6.45, 7) is 2.63. The lowest BCUT2D eigenvalue weighted by atomic mass is 10.1. The van der Waals surface area contributed by atoms with E-state index in [1.54, 1.807) is 12.2 Å². The van der Waals surface area contributed by atoms with Gasteiger partial charge >= 0.3 is 11.9 Å². The van der Waals surface area contributed by atoms with E-state index in [2.05, 4.69) is 5.92 Å². The highest BCUT2D eigenvalue weighted by Gasteiger charge is 2.30. The lowest BCUT2D eigenvalue weighted by molar-refractivity contribution is -0.193. The van der Waals surface area contributed by atoms with Crippen LogP contribution >= 0.6 is 0 Å². The average molecular weight is 268 g/mol. The molecule has 0 aromatic carbocycles. The van der Waals surface area contributed by atoms with Gasteiger partial charge in [0.05, 0.1) is 0 Å². The van der Waals surface area contributed by atoms with E-state index in [0.717, 1.165) is 0 Å². The smallest absolute Gasteiger partial charge is 0.303 e. The van der Waals surface area contributed by atoms with Crippen LogP contribution in [0.15, 0.2) is 12.2 Å². The fraction of sp³-hybridized carbons (Fsp3) is 0.538. The van der Waals surface area contributed by atoms with Gasteiger partial charge in [0.15, 0.2) is 6.29 Å². The summed E-state index contributed by atoms with van der Waals surface area (Å²) in [5.74, 6) is 1.42. The van der Waals surface area contributed by atoms with Crippen molar-refractivity contribution >= 4 is 11.9 Å². The van der Waals surface area contributed by atoms with Crippen molar-refractivity contribution in [1.29, 1.82) is 0 Å². The van der Waals surface area contributed by atoms with E-state index >= 15 is 0 Å². The summed E-state index contributed by atoms with van der Waals surface area (Å²) in [5.41, 5.74) is 0. The van der Waals surface area contributed by atoms with Crippen LogP contribution in [-0.2, 0) is 28.5 Å². The second kappa shape index (κ2) is 7.56. The lowest BCUT2D eigenvalue weighted by Gasteiger charge is -2.30. The van der Waals surface area contributed by atoms with E-state index in [4.69, 9.17) is 25.4 Å². The van der Waals surface area contributed by atoms with Crippen molar-refractivity contribution in [1.82, 2.24) is 0 Å². The summed E-state index contributed by atoms with van der Waals surface area (Å²) in [6, 6.07) is 0. The Balaban J connectivity index is 2.63. The molecule has 0 amide bonds. The van der Waals surface area contributed by atoms with Crippen LogP contribution in [-0.4, -0.2) is 43.7 Å². The van der Waals surface area contributed by atoms with Gasteiger partial charge in [-0.25, -0.2) is 0 Å². The Bertz CT molecular complexity index is 394. The fourth-order valence-electron chi connectivity index (χ4n) is 1.48. The number of rotatable bonds is 5. The van der Waals surface area contributed by atoms with Crippen LogP contribution in [0.2, 0.25) is 0 Å². The SMILES string of the molecule is C#CCOC1C=CC(OC(C)=O)C(COC(C)=O)O1. The predicted octanol–water partition coefficient (Wildman–Crippen LogP) is 0.412. The van der Waals surface area contributed by atoms with Gasteiger partial charge in [0.1, 0.15) is 25.4 Å². The maximum absolute atomic E-state index is 11.0. The van der Waals surface area contributed by atoms with E-state index < -0.39 is 30.4 Å². The normalized spacial score (nSPS) is 25.4. The number of esters is 2. The molecule has 1 aliphatic heterocycles. The largest absolute Gasteiger partial charge is 0.463 e. The predicted molar refractivity (Wildman–Crippen MR) is 64.8 cm³/mol. The van der Waals surface area contributed by atoms with Crippen LogP contribution in [0.5, 0.6) is 0 Å². The minimum absolute atomic E-state index is 0.0342. The number of hydrogen-bond donors (Lipinski definition) is 0. The van der Waals surface area contributed by atoms with Crippen LogP contribution < -0.4 is 0 Å². The van der Waals surface area contributed by atoms with Gasteiger partial charge < -0.3 is 18.9 Å². The maximum atomic E-state index is 11.0. The molecule has 1 aliphatic rings. The van der Waals surface area contributed by atoms with Crippen LogP contribution in [0.1, 0.15) is 13.8 Å². The van der Waals surface area contributed by atoms with Gasteiger partial charge in [-0.1, -0.05) is 5.92 Å². The van der Waals surface area contributed by atoms with Gasteiger partial charge in [0, 0.05) is 13.8 Å². The Kier molecular flexibility index (Phi) is 6.06. The topological polar surface area (TPSA) is 71.1 Å². The molecule has 6 nitrogen and oxygen atoms in total. The minimum Gasteiger partial charge on any atom is -0.463 e. The lowest BCUT2D eigenvalue weighted by Crippen LogP contribution is -2.42. The van der Waals surface area contributed by atoms with Crippen LogP contribution in [0, 0.1) is 12.3 Å². The van der Waals surface area contributed by atoms with E-state index in [9.17, 15) is 9.59 Å². The molecule has 0 aromatic heterocycles. The molecule has 3 unspecified atom stereocenters. The van der Waals surface area contributed by atoms with Crippen LogP contribution in [0.4, 0.5) is 0 Å². The fourth-order valence-corrected chi connectivity index (χ4v) is 1.48. The third-order valence-electron chi connectivity index (χ3n) is 2.22. The summed E-state index contributed by atoms with van der Waals surface area (Å²) < 4.78 is 20.6. The summed E-state index contributed by atoms with van der Waals surface area (Å²) in [7, 11) is 0. The molecule has 0 aliphatic carbocycles. The minimum atomic E-state index is -0.650. The molecule has 104 valence electrons. The van der Waals surface area contributed by atoms with Crippen molar-refractivity contribution in [2.45, 2.75) is 32.3 Å².